The van der Waals surface area contributed by atoms with Crippen molar-refractivity contribution in [2.45, 2.75) is 25.9 Å². The average molecular weight is 356 g/mol. The van der Waals surface area contributed by atoms with Crippen LogP contribution >= 0.6 is 15.9 Å². The first-order chi connectivity index (χ1) is 10.7. The van der Waals surface area contributed by atoms with Gasteiger partial charge in [-0.1, -0.05) is 66.2 Å². The standard InChI is InChI=1S/C19H18BrNO/c1-14-12-17(16-10-6-3-7-11-16)21(19(22)18(14)20)13-15-8-4-2-5-9-15/h2-11,17H,12-13H2,1H3. The van der Waals surface area contributed by atoms with E-state index in [9.17, 15) is 4.79 Å². The Bertz CT molecular complexity index is 694. The quantitative estimate of drug-likeness (QED) is 0.772. The zero-order valence-corrected chi connectivity index (χ0v) is 14.1. The summed E-state index contributed by atoms with van der Waals surface area (Å²) in [5.74, 6) is 0.0708. The van der Waals surface area contributed by atoms with Crippen LogP contribution in [-0.4, -0.2) is 10.8 Å². The van der Waals surface area contributed by atoms with Gasteiger partial charge in [-0.05, 0) is 40.4 Å². The van der Waals surface area contributed by atoms with E-state index in [1.54, 1.807) is 0 Å². The number of carbonyl (C=O) groups excluding carboxylic acids is 1. The van der Waals surface area contributed by atoms with Crippen LogP contribution in [0.4, 0.5) is 0 Å². The summed E-state index contributed by atoms with van der Waals surface area (Å²) in [5.41, 5.74) is 3.45. The number of hydrogen-bond acceptors (Lipinski definition) is 1. The Hall–Kier alpha value is -1.87. The average Bonchev–Trinajstić information content (AvgIpc) is 2.57. The Morgan fingerprint density at radius 2 is 1.64 bits per heavy atom. The lowest BCUT2D eigenvalue weighted by Crippen LogP contribution is -2.38. The number of halogens is 1. The summed E-state index contributed by atoms with van der Waals surface area (Å²) in [4.78, 5) is 14.7. The Labute approximate surface area is 139 Å². The fourth-order valence-electron chi connectivity index (χ4n) is 2.88. The van der Waals surface area contributed by atoms with Crippen molar-refractivity contribution in [2.75, 3.05) is 0 Å². The Kier molecular flexibility index (Phi) is 4.44. The molecule has 0 radical (unpaired) electrons. The molecule has 0 N–H and O–H groups in total. The van der Waals surface area contributed by atoms with Gasteiger partial charge in [-0.3, -0.25) is 4.79 Å². The van der Waals surface area contributed by atoms with Crippen molar-refractivity contribution < 1.29 is 4.79 Å². The van der Waals surface area contributed by atoms with Crippen molar-refractivity contribution in [3.05, 3.63) is 81.8 Å². The van der Waals surface area contributed by atoms with Gasteiger partial charge in [-0.25, -0.2) is 0 Å². The molecular weight excluding hydrogens is 338 g/mol. The molecule has 0 saturated heterocycles. The van der Waals surface area contributed by atoms with E-state index >= 15 is 0 Å². The normalized spacial score (nSPS) is 18.7. The third kappa shape index (κ3) is 3.00. The second-order valence-corrected chi connectivity index (χ2v) is 6.44. The van der Waals surface area contributed by atoms with Gasteiger partial charge in [-0.15, -0.1) is 0 Å². The molecule has 1 heterocycles. The van der Waals surface area contributed by atoms with Crippen molar-refractivity contribution in [2.24, 2.45) is 0 Å². The van der Waals surface area contributed by atoms with Gasteiger partial charge in [-0.2, -0.15) is 0 Å². The molecule has 3 rings (SSSR count). The van der Waals surface area contributed by atoms with Crippen molar-refractivity contribution in [3.63, 3.8) is 0 Å². The van der Waals surface area contributed by atoms with Crippen LogP contribution in [0.5, 0.6) is 0 Å². The molecule has 0 aliphatic carbocycles. The van der Waals surface area contributed by atoms with Gasteiger partial charge in [0, 0.05) is 6.54 Å². The topological polar surface area (TPSA) is 20.3 Å². The molecule has 2 nitrogen and oxygen atoms in total. The molecule has 0 aromatic heterocycles. The summed E-state index contributed by atoms with van der Waals surface area (Å²) in [6.45, 7) is 2.65. The lowest BCUT2D eigenvalue weighted by molar-refractivity contribution is -0.130. The van der Waals surface area contributed by atoms with Gasteiger partial charge in [0.05, 0.1) is 10.5 Å². The van der Waals surface area contributed by atoms with Crippen LogP contribution in [-0.2, 0) is 11.3 Å². The minimum atomic E-state index is 0.0708. The highest BCUT2D eigenvalue weighted by Gasteiger charge is 2.32. The molecule has 22 heavy (non-hydrogen) atoms. The van der Waals surface area contributed by atoms with Gasteiger partial charge in [0.15, 0.2) is 0 Å². The van der Waals surface area contributed by atoms with E-state index in [4.69, 9.17) is 0 Å². The molecule has 112 valence electrons. The van der Waals surface area contributed by atoms with Gasteiger partial charge in [0.2, 0.25) is 0 Å². The minimum absolute atomic E-state index is 0.0708. The Balaban J connectivity index is 1.97. The summed E-state index contributed by atoms with van der Waals surface area (Å²) in [7, 11) is 0. The van der Waals surface area contributed by atoms with Crippen LogP contribution in [0.2, 0.25) is 0 Å². The molecule has 3 heteroatoms. The lowest BCUT2D eigenvalue weighted by atomic mass is 9.93. The second kappa shape index (κ2) is 6.49. The zero-order chi connectivity index (χ0) is 15.5. The molecule has 0 fully saturated rings. The van der Waals surface area contributed by atoms with Crippen LogP contribution in [0.25, 0.3) is 0 Å². The maximum absolute atomic E-state index is 12.7. The third-order valence-corrected chi connectivity index (χ3v) is 5.10. The number of nitrogens with zero attached hydrogens (tertiary/aromatic N) is 1. The van der Waals surface area contributed by atoms with E-state index in [0.717, 1.165) is 17.6 Å². The minimum Gasteiger partial charge on any atom is -0.327 e. The summed E-state index contributed by atoms with van der Waals surface area (Å²) >= 11 is 3.46. The van der Waals surface area contributed by atoms with Crippen molar-refractivity contribution in [1.82, 2.24) is 4.90 Å². The first kappa shape index (κ1) is 15.0. The predicted molar refractivity (Wildman–Crippen MR) is 92.4 cm³/mol. The molecule has 1 atom stereocenters. The maximum atomic E-state index is 12.7. The van der Waals surface area contributed by atoms with Crippen LogP contribution in [0.3, 0.4) is 0 Å². The molecule has 0 spiro atoms. The number of amides is 1. The van der Waals surface area contributed by atoms with E-state index in [0.29, 0.717) is 11.0 Å². The lowest BCUT2D eigenvalue weighted by Gasteiger charge is -2.36. The Morgan fingerprint density at radius 3 is 2.27 bits per heavy atom. The van der Waals surface area contributed by atoms with E-state index in [-0.39, 0.29) is 11.9 Å². The smallest absolute Gasteiger partial charge is 0.261 e. The molecule has 1 aliphatic rings. The third-order valence-electron chi connectivity index (χ3n) is 4.08. The number of benzene rings is 2. The molecule has 2 aromatic rings. The van der Waals surface area contributed by atoms with Gasteiger partial charge >= 0.3 is 0 Å². The van der Waals surface area contributed by atoms with E-state index < -0.39 is 0 Å². The van der Waals surface area contributed by atoms with Gasteiger partial charge in [0.1, 0.15) is 0 Å². The van der Waals surface area contributed by atoms with Crippen LogP contribution in [0, 0.1) is 0 Å². The molecule has 2 aromatic carbocycles. The highest BCUT2D eigenvalue weighted by molar-refractivity contribution is 9.12. The summed E-state index contributed by atoms with van der Waals surface area (Å²) in [5, 5.41) is 0. The molecule has 1 aliphatic heterocycles. The monoisotopic (exact) mass is 355 g/mol. The number of hydrogen-bond donors (Lipinski definition) is 0. The van der Waals surface area contributed by atoms with Crippen molar-refractivity contribution in [1.29, 1.82) is 0 Å². The van der Waals surface area contributed by atoms with Crippen LogP contribution < -0.4 is 0 Å². The van der Waals surface area contributed by atoms with Gasteiger partial charge in [0.25, 0.3) is 5.91 Å². The van der Waals surface area contributed by atoms with E-state index in [2.05, 4.69) is 40.2 Å². The van der Waals surface area contributed by atoms with Crippen LogP contribution in [0.15, 0.2) is 70.7 Å². The summed E-state index contributed by atoms with van der Waals surface area (Å²) in [6, 6.07) is 20.5. The number of carbonyl (C=O) groups is 1. The summed E-state index contributed by atoms with van der Waals surface area (Å²) < 4.78 is 0.704. The summed E-state index contributed by atoms with van der Waals surface area (Å²) in [6.07, 6.45) is 0.864. The van der Waals surface area contributed by atoms with Crippen LogP contribution in [0.1, 0.15) is 30.5 Å². The predicted octanol–water partition coefficient (Wildman–Crippen LogP) is 4.83. The molecule has 0 bridgehead atoms. The highest BCUT2D eigenvalue weighted by Crippen LogP contribution is 2.37. The first-order valence-electron chi connectivity index (χ1n) is 7.42. The second-order valence-electron chi connectivity index (χ2n) is 5.64. The van der Waals surface area contributed by atoms with E-state index in [1.165, 1.54) is 5.56 Å². The Morgan fingerprint density at radius 1 is 1.05 bits per heavy atom. The maximum Gasteiger partial charge on any atom is 0.261 e. The van der Waals surface area contributed by atoms with Crippen molar-refractivity contribution >= 4 is 21.8 Å². The number of rotatable bonds is 3. The van der Waals surface area contributed by atoms with Gasteiger partial charge < -0.3 is 4.90 Å². The highest BCUT2D eigenvalue weighted by atomic mass is 79.9. The molecular formula is C19H18BrNO. The SMILES string of the molecule is CC1=C(Br)C(=O)N(Cc2ccccc2)C(c2ccccc2)C1. The zero-order valence-electron chi connectivity index (χ0n) is 12.5. The van der Waals surface area contributed by atoms with Crippen molar-refractivity contribution in [3.8, 4) is 0 Å². The fraction of sp³-hybridized carbons (Fsp3) is 0.211. The molecule has 1 unspecified atom stereocenters. The fourth-order valence-corrected chi connectivity index (χ4v) is 3.26. The largest absolute Gasteiger partial charge is 0.327 e. The van der Waals surface area contributed by atoms with E-state index in [1.807, 2.05) is 48.2 Å². The first-order valence-corrected chi connectivity index (χ1v) is 8.21. The molecule has 0 saturated carbocycles. The molecule has 1 amide bonds.